The van der Waals surface area contributed by atoms with Gasteiger partial charge in [0, 0.05) is 42.4 Å². The monoisotopic (exact) mass is 373 g/mol. The quantitative estimate of drug-likeness (QED) is 0.694. The Bertz CT molecular complexity index is 862. The molecule has 2 aromatic rings. The van der Waals surface area contributed by atoms with Gasteiger partial charge in [-0.25, -0.2) is 0 Å². The second-order valence-electron chi connectivity index (χ2n) is 7.25. The van der Waals surface area contributed by atoms with E-state index in [1.54, 1.807) is 6.92 Å². The van der Waals surface area contributed by atoms with Crippen LogP contribution in [0, 0.1) is 5.92 Å². The molecular formula is C20H27N3O4. The minimum absolute atomic E-state index is 0.175. The number of hydrogen-bond donors (Lipinski definition) is 3. The average molecular weight is 373 g/mol. The predicted octanol–water partition coefficient (Wildman–Crippen LogP) is 1.78. The van der Waals surface area contributed by atoms with Crippen molar-refractivity contribution in [2.45, 2.75) is 38.7 Å². The van der Waals surface area contributed by atoms with Crippen LogP contribution in [0.15, 0.2) is 29.1 Å². The van der Waals surface area contributed by atoms with Crippen LogP contribution in [-0.4, -0.2) is 47.1 Å². The lowest BCUT2D eigenvalue weighted by molar-refractivity contribution is -0.156. The van der Waals surface area contributed by atoms with Gasteiger partial charge in [0.05, 0.1) is 18.6 Å². The molecule has 0 saturated carbocycles. The fraction of sp³-hybridized carbons (Fsp3) is 0.500. The van der Waals surface area contributed by atoms with Crippen molar-refractivity contribution >= 4 is 11.7 Å². The van der Waals surface area contributed by atoms with Gasteiger partial charge < -0.3 is 19.8 Å². The molecule has 0 radical (unpaired) electrons. The highest BCUT2D eigenvalue weighted by molar-refractivity contribution is 5.77. The number of esters is 1. The predicted molar refractivity (Wildman–Crippen MR) is 103 cm³/mol. The third-order valence-electron chi connectivity index (χ3n) is 5.58. The number of rotatable bonds is 5. The zero-order chi connectivity index (χ0) is 19.8. The topological polar surface area (TPSA) is 98.4 Å². The van der Waals surface area contributed by atoms with Crippen LogP contribution in [0.1, 0.15) is 43.5 Å². The summed E-state index contributed by atoms with van der Waals surface area (Å²) < 4.78 is 4.98. The first-order valence-electron chi connectivity index (χ1n) is 9.28. The molecule has 1 aliphatic carbocycles. The summed E-state index contributed by atoms with van der Waals surface area (Å²) in [4.78, 5) is 27.2. The molecule has 3 atom stereocenters. The molecule has 0 bridgehead atoms. The lowest BCUT2D eigenvalue weighted by atomic mass is 9.66. The van der Waals surface area contributed by atoms with Gasteiger partial charge in [0.15, 0.2) is 0 Å². The van der Waals surface area contributed by atoms with Crippen molar-refractivity contribution in [3.05, 3.63) is 51.4 Å². The van der Waals surface area contributed by atoms with Gasteiger partial charge in [0.2, 0.25) is 0 Å². The molecule has 7 nitrogen and oxygen atoms in total. The number of aromatic nitrogens is 2. The maximum atomic E-state index is 12.6. The van der Waals surface area contributed by atoms with Gasteiger partial charge in [-0.15, -0.1) is 0 Å². The summed E-state index contributed by atoms with van der Waals surface area (Å²) in [6.07, 6.45) is 0.175. The molecule has 3 rings (SSSR count). The second-order valence-corrected chi connectivity index (χ2v) is 7.25. The number of nitrogens with zero attached hydrogens (tertiary/aromatic N) is 1. The fourth-order valence-corrected chi connectivity index (χ4v) is 4.22. The standard InChI is InChI=1S/C20H27N3O4/c1-5-23(6-2)13-9-7-12(8-10-13)15-16-14(21-22-18(16)24)11-20(3,26)17(15)19(25)27-4/h7-10,15,17,26H,5-6,11H2,1-4H3,(H2,21,22,24). The van der Waals surface area contributed by atoms with Gasteiger partial charge in [-0.05, 0) is 38.5 Å². The fourth-order valence-electron chi connectivity index (χ4n) is 4.22. The minimum Gasteiger partial charge on any atom is -0.469 e. The molecule has 0 amide bonds. The zero-order valence-corrected chi connectivity index (χ0v) is 16.2. The van der Waals surface area contributed by atoms with E-state index >= 15 is 0 Å². The van der Waals surface area contributed by atoms with Crippen LogP contribution in [-0.2, 0) is 16.0 Å². The van der Waals surface area contributed by atoms with Gasteiger partial charge in [0.25, 0.3) is 5.56 Å². The van der Waals surface area contributed by atoms with E-state index in [-0.39, 0.29) is 12.0 Å². The Morgan fingerprint density at radius 2 is 1.89 bits per heavy atom. The first-order chi connectivity index (χ1) is 12.8. The van der Waals surface area contributed by atoms with Gasteiger partial charge in [-0.2, -0.15) is 0 Å². The van der Waals surface area contributed by atoms with Gasteiger partial charge in [-0.1, -0.05) is 12.1 Å². The van der Waals surface area contributed by atoms with Crippen molar-refractivity contribution in [2.24, 2.45) is 5.92 Å². The van der Waals surface area contributed by atoms with Gasteiger partial charge in [-0.3, -0.25) is 14.7 Å². The average Bonchev–Trinajstić information content (AvgIpc) is 3.00. The van der Waals surface area contributed by atoms with Crippen molar-refractivity contribution in [3.8, 4) is 0 Å². The number of carbonyl (C=O) groups excluding carboxylic acids is 1. The van der Waals surface area contributed by atoms with Gasteiger partial charge >= 0.3 is 5.97 Å². The lowest BCUT2D eigenvalue weighted by Crippen LogP contribution is -2.49. The molecule has 146 valence electrons. The number of methoxy groups -OCH3 is 1. The molecule has 0 fully saturated rings. The highest BCUT2D eigenvalue weighted by Gasteiger charge is 2.51. The largest absolute Gasteiger partial charge is 0.469 e. The van der Waals surface area contributed by atoms with E-state index < -0.39 is 23.4 Å². The minimum atomic E-state index is -1.34. The van der Waals surface area contributed by atoms with Crippen molar-refractivity contribution in [2.75, 3.05) is 25.1 Å². The summed E-state index contributed by atoms with van der Waals surface area (Å²) in [6, 6.07) is 7.82. The number of nitrogens with one attached hydrogen (secondary N) is 2. The molecule has 0 spiro atoms. The summed E-state index contributed by atoms with van der Waals surface area (Å²) >= 11 is 0. The Balaban J connectivity index is 2.13. The van der Waals surface area contributed by atoms with Crippen molar-refractivity contribution in [3.63, 3.8) is 0 Å². The maximum Gasteiger partial charge on any atom is 0.312 e. The number of aliphatic hydroxyl groups is 1. The van der Waals surface area contributed by atoms with Crippen LogP contribution in [0.25, 0.3) is 0 Å². The summed E-state index contributed by atoms with van der Waals surface area (Å²) in [5, 5.41) is 16.4. The number of anilines is 1. The smallest absolute Gasteiger partial charge is 0.312 e. The molecule has 3 N–H and O–H groups in total. The first-order valence-corrected chi connectivity index (χ1v) is 9.28. The van der Waals surface area contributed by atoms with E-state index in [2.05, 4.69) is 28.9 Å². The normalized spacial score (nSPS) is 24.3. The highest BCUT2D eigenvalue weighted by atomic mass is 16.5. The number of ether oxygens (including phenoxy) is 1. The summed E-state index contributed by atoms with van der Waals surface area (Å²) in [5.41, 5.74) is 1.38. The van der Waals surface area contributed by atoms with Crippen molar-refractivity contribution < 1.29 is 14.6 Å². The van der Waals surface area contributed by atoms with E-state index in [0.29, 0.717) is 11.3 Å². The summed E-state index contributed by atoms with van der Waals surface area (Å²) in [6.45, 7) is 7.57. The number of fused-ring (bicyclic) bond motifs is 1. The van der Waals surface area contributed by atoms with E-state index in [1.807, 2.05) is 24.3 Å². The maximum absolute atomic E-state index is 12.6. The van der Waals surface area contributed by atoms with E-state index in [0.717, 1.165) is 24.3 Å². The molecule has 7 heteroatoms. The highest BCUT2D eigenvalue weighted by Crippen LogP contribution is 2.44. The number of H-pyrrole nitrogens is 2. The van der Waals surface area contributed by atoms with Crippen LogP contribution in [0.4, 0.5) is 5.69 Å². The molecule has 0 saturated heterocycles. The Kier molecular flexibility index (Phi) is 5.15. The zero-order valence-electron chi connectivity index (χ0n) is 16.2. The SMILES string of the molecule is CCN(CC)c1ccc(C2c3c([nH][nH]c3=O)CC(C)(O)C2C(=O)OC)cc1. The lowest BCUT2D eigenvalue weighted by Gasteiger charge is -2.40. The Morgan fingerprint density at radius 3 is 2.44 bits per heavy atom. The van der Waals surface area contributed by atoms with Crippen LogP contribution in [0.2, 0.25) is 0 Å². The Hall–Kier alpha value is -2.54. The molecule has 27 heavy (non-hydrogen) atoms. The van der Waals surface area contributed by atoms with Crippen LogP contribution in [0.3, 0.4) is 0 Å². The molecule has 1 aromatic heterocycles. The first kappa shape index (κ1) is 19.2. The number of carbonyl (C=O) groups is 1. The van der Waals surface area contributed by atoms with Crippen LogP contribution < -0.4 is 10.5 Å². The van der Waals surface area contributed by atoms with Crippen LogP contribution >= 0.6 is 0 Å². The van der Waals surface area contributed by atoms with E-state index in [4.69, 9.17) is 4.74 Å². The Morgan fingerprint density at radius 1 is 1.26 bits per heavy atom. The number of hydrogen-bond acceptors (Lipinski definition) is 5. The van der Waals surface area contributed by atoms with E-state index in [9.17, 15) is 14.7 Å². The second kappa shape index (κ2) is 7.23. The van der Waals surface area contributed by atoms with Crippen molar-refractivity contribution in [1.29, 1.82) is 0 Å². The molecule has 1 aromatic carbocycles. The molecule has 3 unspecified atom stereocenters. The summed E-state index contributed by atoms with van der Waals surface area (Å²) in [7, 11) is 1.30. The molecule has 1 aliphatic rings. The third kappa shape index (κ3) is 3.27. The molecule has 1 heterocycles. The number of benzene rings is 1. The Labute approximate surface area is 158 Å². The van der Waals surface area contributed by atoms with Gasteiger partial charge in [0.1, 0.15) is 0 Å². The summed E-state index contributed by atoms with van der Waals surface area (Å²) in [5.74, 6) is -1.98. The van der Waals surface area contributed by atoms with E-state index in [1.165, 1.54) is 7.11 Å². The molecular weight excluding hydrogens is 346 g/mol. The molecule has 0 aliphatic heterocycles. The third-order valence-corrected chi connectivity index (χ3v) is 5.58. The number of aromatic amines is 2. The van der Waals surface area contributed by atoms with Crippen molar-refractivity contribution in [1.82, 2.24) is 10.2 Å². The van der Waals surface area contributed by atoms with Crippen LogP contribution in [0.5, 0.6) is 0 Å².